The Morgan fingerprint density at radius 3 is 2.70 bits per heavy atom. The molecule has 4 rings (SSSR count). The molecule has 4 aromatic rings. The van der Waals surface area contributed by atoms with Gasteiger partial charge in [-0.1, -0.05) is 12.1 Å². The lowest BCUT2D eigenvalue weighted by molar-refractivity contribution is 0.601. The second kappa shape index (κ2) is 6.69. The second-order valence-corrected chi connectivity index (χ2v) is 7.27. The number of halogens is 1. The van der Waals surface area contributed by atoms with E-state index < -0.39 is 15.8 Å². The number of benzene rings is 1. The van der Waals surface area contributed by atoms with Crippen molar-refractivity contribution in [2.45, 2.75) is 4.90 Å². The van der Waals surface area contributed by atoms with Crippen molar-refractivity contribution >= 4 is 26.7 Å². The lowest BCUT2D eigenvalue weighted by Crippen LogP contribution is -2.15. The fourth-order valence-corrected chi connectivity index (χ4v) is 3.80. The Morgan fingerprint density at radius 1 is 0.963 bits per heavy atom. The number of anilines is 1. The minimum absolute atomic E-state index is 0.0869. The van der Waals surface area contributed by atoms with E-state index >= 15 is 0 Å². The average Bonchev–Trinajstić information content (AvgIpc) is 2.67. The minimum atomic E-state index is -3.94. The van der Waals surface area contributed by atoms with Crippen molar-refractivity contribution in [2.24, 2.45) is 0 Å². The molecule has 0 amide bonds. The molecule has 1 aromatic carbocycles. The maximum Gasteiger partial charge on any atom is 0.264 e. The second-order valence-electron chi connectivity index (χ2n) is 5.62. The number of aromatic nitrogens is 4. The average molecular weight is 381 g/mol. The molecular formula is C18H12FN5O2S. The maximum atomic E-state index is 13.4. The summed E-state index contributed by atoms with van der Waals surface area (Å²) in [6, 6.07) is 9.32. The van der Waals surface area contributed by atoms with Crippen LogP contribution in [0.3, 0.4) is 0 Å². The summed E-state index contributed by atoms with van der Waals surface area (Å²) >= 11 is 0. The highest BCUT2D eigenvalue weighted by molar-refractivity contribution is 7.93. The highest BCUT2D eigenvalue weighted by Crippen LogP contribution is 2.24. The van der Waals surface area contributed by atoms with E-state index in [-0.39, 0.29) is 10.8 Å². The van der Waals surface area contributed by atoms with Gasteiger partial charge in [0.1, 0.15) is 5.82 Å². The SMILES string of the molecule is O=S(=O)(Nc1nccc(-c2cncc(F)c2)n1)c1cccc2cnccc12. The highest BCUT2D eigenvalue weighted by atomic mass is 32.2. The summed E-state index contributed by atoms with van der Waals surface area (Å²) in [5.74, 6) is -0.638. The third-order valence-electron chi connectivity index (χ3n) is 3.81. The summed E-state index contributed by atoms with van der Waals surface area (Å²) in [6.45, 7) is 0. The maximum absolute atomic E-state index is 13.4. The zero-order chi connectivity index (χ0) is 18.9. The number of fused-ring (bicyclic) bond motifs is 1. The molecule has 0 saturated carbocycles. The Labute approximate surface area is 154 Å². The van der Waals surface area contributed by atoms with Crippen LogP contribution < -0.4 is 4.72 Å². The largest absolute Gasteiger partial charge is 0.264 e. The molecule has 27 heavy (non-hydrogen) atoms. The normalized spacial score (nSPS) is 11.4. The van der Waals surface area contributed by atoms with Gasteiger partial charge in [0.15, 0.2) is 0 Å². The van der Waals surface area contributed by atoms with E-state index in [4.69, 9.17) is 0 Å². The number of nitrogens with one attached hydrogen (secondary N) is 1. The van der Waals surface area contributed by atoms with Crippen LogP contribution in [0.25, 0.3) is 22.0 Å². The number of pyridine rings is 2. The van der Waals surface area contributed by atoms with Crippen LogP contribution in [-0.2, 0) is 10.0 Å². The predicted octanol–water partition coefficient (Wildman–Crippen LogP) is 3.03. The van der Waals surface area contributed by atoms with Crippen molar-refractivity contribution in [1.82, 2.24) is 19.9 Å². The van der Waals surface area contributed by atoms with Gasteiger partial charge in [-0.05, 0) is 24.3 Å². The van der Waals surface area contributed by atoms with Crippen LogP contribution >= 0.6 is 0 Å². The third-order valence-corrected chi connectivity index (χ3v) is 5.20. The zero-order valence-electron chi connectivity index (χ0n) is 13.7. The molecular weight excluding hydrogens is 369 g/mol. The number of hydrogen-bond donors (Lipinski definition) is 1. The van der Waals surface area contributed by atoms with Gasteiger partial charge in [-0.3, -0.25) is 9.97 Å². The quantitative estimate of drug-likeness (QED) is 0.584. The molecule has 0 aliphatic heterocycles. The fourth-order valence-electron chi connectivity index (χ4n) is 2.62. The van der Waals surface area contributed by atoms with Crippen LogP contribution in [0.5, 0.6) is 0 Å². The summed E-state index contributed by atoms with van der Waals surface area (Å²) < 4.78 is 41.4. The standard InChI is InChI=1S/C18H12FN5O2S/c19-14-8-13(10-21-11-14)16-5-7-22-18(23-16)24-27(25,26)17-3-1-2-12-9-20-6-4-15(12)17/h1-11H,(H,22,23,24). The van der Waals surface area contributed by atoms with Gasteiger partial charge in [-0.25, -0.2) is 27.5 Å². The molecule has 0 spiro atoms. The van der Waals surface area contributed by atoms with Gasteiger partial charge in [-0.2, -0.15) is 0 Å². The molecule has 0 saturated heterocycles. The van der Waals surface area contributed by atoms with Gasteiger partial charge in [0, 0.05) is 41.1 Å². The fraction of sp³-hybridized carbons (Fsp3) is 0. The van der Waals surface area contributed by atoms with Crippen molar-refractivity contribution in [3.05, 3.63) is 73.2 Å². The number of nitrogens with zero attached hydrogens (tertiary/aromatic N) is 4. The van der Waals surface area contributed by atoms with Gasteiger partial charge in [-0.15, -0.1) is 0 Å². The van der Waals surface area contributed by atoms with Crippen molar-refractivity contribution in [3.8, 4) is 11.3 Å². The Morgan fingerprint density at radius 2 is 1.85 bits per heavy atom. The summed E-state index contributed by atoms with van der Waals surface area (Å²) in [7, 11) is -3.94. The van der Waals surface area contributed by atoms with Crippen LogP contribution in [0, 0.1) is 5.82 Å². The Balaban J connectivity index is 1.72. The van der Waals surface area contributed by atoms with Crippen LogP contribution in [0.2, 0.25) is 0 Å². The van der Waals surface area contributed by atoms with Crippen molar-refractivity contribution in [1.29, 1.82) is 0 Å². The van der Waals surface area contributed by atoms with Crippen LogP contribution in [0.4, 0.5) is 10.3 Å². The molecule has 9 heteroatoms. The molecule has 0 fully saturated rings. The summed E-state index contributed by atoms with van der Waals surface area (Å²) in [6.07, 6.45) is 7.00. The highest BCUT2D eigenvalue weighted by Gasteiger charge is 2.19. The van der Waals surface area contributed by atoms with E-state index in [9.17, 15) is 12.8 Å². The summed E-state index contributed by atoms with van der Waals surface area (Å²) in [5.41, 5.74) is 0.755. The van der Waals surface area contributed by atoms with Gasteiger partial charge in [0.25, 0.3) is 10.0 Å². The first-order chi connectivity index (χ1) is 13.0. The first-order valence-electron chi connectivity index (χ1n) is 7.82. The van der Waals surface area contributed by atoms with Crippen molar-refractivity contribution in [3.63, 3.8) is 0 Å². The van der Waals surface area contributed by atoms with Gasteiger partial charge >= 0.3 is 0 Å². The molecule has 3 aromatic heterocycles. The molecule has 1 N–H and O–H groups in total. The Hall–Kier alpha value is -3.46. The molecule has 3 heterocycles. The van der Waals surface area contributed by atoms with E-state index in [2.05, 4.69) is 24.7 Å². The smallest absolute Gasteiger partial charge is 0.264 e. The molecule has 134 valence electrons. The monoisotopic (exact) mass is 381 g/mol. The molecule has 0 unspecified atom stereocenters. The molecule has 7 nitrogen and oxygen atoms in total. The third kappa shape index (κ3) is 3.44. The van der Waals surface area contributed by atoms with Crippen molar-refractivity contribution in [2.75, 3.05) is 4.72 Å². The van der Waals surface area contributed by atoms with E-state index in [1.165, 1.54) is 36.8 Å². The van der Waals surface area contributed by atoms with Gasteiger partial charge < -0.3 is 0 Å². The molecule has 0 atom stereocenters. The molecule has 0 aliphatic rings. The topological polar surface area (TPSA) is 97.7 Å². The molecule has 0 aliphatic carbocycles. The van der Waals surface area contributed by atoms with E-state index in [0.29, 0.717) is 22.0 Å². The summed E-state index contributed by atoms with van der Waals surface area (Å²) in [5, 5.41) is 1.23. The lowest BCUT2D eigenvalue weighted by Gasteiger charge is -2.10. The van der Waals surface area contributed by atoms with Crippen LogP contribution in [-0.4, -0.2) is 28.4 Å². The van der Waals surface area contributed by atoms with Crippen LogP contribution in [0.15, 0.2) is 72.3 Å². The molecule has 0 bridgehead atoms. The zero-order valence-corrected chi connectivity index (χ0v) is 14.6. The first-order valence-corrected chi connectivity index (χ1v) is 9.31. The predicted molar refractivity (Wildman–Crippen MR) is 97.8 cm³/mol. The Bertz CT molecular complexity index is 1240. The van der Waals surface area contributed by atoms with Crippen LogP contribution in [0.1, 0.15) is 0 Å². The van der Waals surface area contributed by atoms with E-state index in [1.807, 2.05) is 0 Å². The first kappa shape index (κ1) is 17.0. The van der Waals surface area contributed by atoms with Crippen molar-refractivity contribution < 1.29 is 12.8 Å². The van der Waals surface area contributed by atoms with Gasteiger partial charge in [0.2, 0.25) is 5.95 Å². The van der Waals surface area contributed by atoms with E-state index in [1.54, 1.807) is 24.4 Å². The van der Waals surface area contributed by atoms with Gasteiger partial charge in [0.05, 0.1) is 16.8 Å². The number of hydrogen-bond acceptors (Lipinski definition) is 6. The van der Waals surface area contributed by atoms with E-state index in [0.717, 1.165) is 6.20 Å². The number of rotatable bonds is 4. The molecule has 0 radical (unpaired) electrons. The number of sulfonamides is 1. The summed E-state index contributed by atoms with van der Waals surface area (Å²) in [4.78, 5) is 16.0. The lowest BCUT2D eigenvalue weighted by atomic mass is 10.2. The minimum Gasteiger partial charge on any atom is -0.264 e. The Kier molecular flexibility index (Phi) is 4.21.